The summed E-state index contributed by atoms with van der Waals surface area (Å²) < 4.78 is 5.43. The van der Waals surface area contributed by atoms with Gasteiger partial charge in [-0.2, -0.15) is 0 Å². The van der Waals surface area contributed by atoms with Crippen molar-refractivity contribution in [3.63, 3.8) is 0 Å². The zero-order valence-electron chi connectivity index (χ0n) is 10.3. The molecule has 1 rings (SSSR count). The molecule has 1 fully saturated rings. The van der Waals surface area contributed by atoms with Crippen molar-refractivity contribution in [1.29, 1.82) is 0 Å². The zero-order valence-corrected chi connectivity index (χ0v) is 10.3. The van der Waals surface area contributed by atoms with Crippen LogP contribution < -0.4 is 5.73 Å². The number of likely N-dealkylation sites (tertiary alicyclic amines) is 1. The topological polar surface area (TPSA) is 55.6 Å². The maximum atomic E-state index is 11.0. The number of piperidine rings is 1. The van der Waals surface area contributed by atoms with Gasteiger partial charge in [-0.05, 0) is 38.8 Å². The second kappa shape index (κ2) is 7.63. The normalized spacial score (nSPS) is 18.8. The minimum atomic E-state index is -0.133. The van der Waals surface area contributed by atoms with Gasteiger partial charge in [0.05, 0.1) is 0 Å². The Kier molecular flexibility index (Phi) is 6.42. The first kappa shape index (κ1) is 13.5. The molecule has 0 aromatic rings. The van der Waals surface area contributed by atoms with Crippen LogP contribution in [-0.4, -0.2) is 43.7 Å². The van der Waals surface area contributed by atoms with Crippen LogP contribution in [0.1, 0.15) is 32.6 Å². The smallest absolute Gasteiger partial charge is 0.220 e. The molecular formula is C12H24N2O2. The molecule has 1 heterocycles. The lowest BCUT2D eigenvalue weighted by atomic mass is 9.96. The summed E-state index contributed by atoms with van der Waals surface area (Å²) in [7, 11) is 0. The van der Waals surface area contributed by atoms with E-state index in [9.17, 15) is 4.79 Å². The van der Waals surface area contributed by atoms with Crippen LogP contribution in [0.5, 0.6) is 0 Å². The Labute approximate surface area is 98.1 Å². The first-order chi connectivity index (χ1) is 7.74. The number of nitrogens with zero attached hydrogens (tertiary/aromatic N) is 1. The number of carbonyl (C=O) groups excluding carboxylic acids is 1. The lowest BCUT2D eigenvalue weighted by Crippen LogP contribution is -2.39. The number of rotatable bonds is 7. The van der Waals surface area contributed by atoms with Gasteiger partial charge in [-0.25, -0.2) is 0 Å². The molecule has 1 saturated heterocycles. The molecule has 0 aromatic carbocycles. The Hall–Kier alpha value is -0.610. The molecule has 0 unspecified atom stereocenters. The van der Waals surface area contributed by atoms with Gasteiger partial charge < -0.3 is 15.4 Å². The van der Waals surface area contributed by atoms with Gasteiger partial charge in [-0.15, -0.1) is 0 Å². The molecule has 0 saturated carbocycles. The van der Waals surface area contributed by atoms with E-state index in [1.54, 1.807) is 0 Å². The minimum Gasteiger partial charge on any atom is -0.381 e. The summed E-state index contributed by atoms with van der Waals surface area (Å²) in [5.41, 5.74) is 5.29. The third-order valence-electron chi connectivity index (χ3n) is 3.10. The van der Waals surface area contributed by atoms with Crippen molar-refractivity contribution in [2.45, 2.75) is 32.6 Å². The molecule has 0 spiro atoms. The highest BCUT2D eigenvalue weighted by molar-refractivity contribution is 5.76. The molecular weight excluding hydrogens is 204 g/mol. The number of amides is 1. The summed E-state index contributed by atoms with van der Waals surface area (Å²) in [6.45, 7) is 6.92. The highest BCUT2D eigenvalue weighted by Gasteiger charge is 2.22. The molecule has 1 aliphatic rings. The standard InChI is InChI=1S/C12H24N2O2/c1-2-9-16-10-3-6-14-7-4-11(5-8-14)12(13)15/h11H,2-10H2,1H3,(H2,13,15). The second-order valence-electron chi connectivity index (χ2n) is 4.48. The quantitative estimate of drug-likeness (QED) is 0.661. The van der Waals surface area contributed by atoms with Crippen molar-refractivity contribution < 1.29 is 9.53 Å². The first-order valence-electron chi connectivity index (χ1n) is 6.33. The Bertz CT molecular complexity index is 201. The van der Waals surface area contributed by atoms with Crippen LogP contribution in [0.25, 0.3) is 0 Å². The molecule has 16 heavy (non-hydrogen) atoms. The lowest BCUT2D eigenvalue weighted by Gasteiger charge is -2.30. The van der Waals surface area contributed by atoms with E-state index in [-0.39, 0.29) is 11.8 Å². The number of hydrogen-bond donors (Lipinski definition) is 1. The number of nitrogens with two attached hydrogens (primary N) is 1. The number of hydrogen-bond acceptors (Lipinski definition) is 3. The van der Waals surface area contributed by atoms with E-state index < -0.39 is 0 Å². The van der Waals surface area contributed by atoms with Gasteiger partial charge in [0.25, 0.3) is 0 Å². The van der Waals surface area contributed by atoms with E-state index in [2.05, 4.69) is 11.8 Å². The van der Waals surface area contributed by atoms with E-state index in [0.717, 1.165) is 58.5 Å². The molecule has 0 bridgehead atoms. The van der Waals surface area contributed by atoms with Crippen LogP contribution in [0.2, 0.25) is 0 Å². The van der Waals surface area contributed by atoms with Gasteiger partial charge in [-0.1, -0.05) is 6.92 Å². The lowest BCUT2D eigenvalue weighted by molar-refractivity contribution is -0.123. The predicted molar refractivity (Wildman–Crippen MR) is 64.1 cm³/mol. The maximum Gasteiger partial charge on any atom is 0.220 e. The number of ether oxygens (including phenoxy) is 1. The summed E-state index contributed by atoms with van der Waals surface area (Å²) in [5.74, 6) is -0.0291. The molecule has 94 valence electrons. The molecule has 4 nitrogen and oxygen atoms in total. The molecule has 0 aromatic heterocycles. The Balaban J connectivity index is 2.02. The van der Waals surface area contributed by atoms with E-state index >= 15 is 0 Å². The van der Waals surface area contributed by atoms with Crippen molar-refractivity contribution in [2.75, 3.05) is 32.8 Å². The summed E-state index contributed by atoms with van der Waals surface area (Å²) in [6, 6.07) is 0. The van der Waals surface area contributed by atoms with Crippen LogP contribution in [0.4, 0.5) is 0 Å². The van der Waals surface area contributed by atoms with E-state index in [0.29, 0.717) is 0 Å². The third-order valence-corrected chi connectivity index (χ3v) is 3.10. The summed E-state index contributed by atoms with van der Waals surface area (Å²) >= 11 is 0. The molecule has 1 aliphatic heterocycles. The zero-order chi connectivity index (χ0) is 11.8. The molecule has 1 amide bonds. The van der Waals surface area contributed by atoms with E-state index in [1.165, 1.54) is 0 Å². The maximum absolute atomic E-state index is 11.0. The fourth-order valence-corrected chi connectivity index (χ4v) is 2.08. The summed E-state index contributed by atoms with van der Waals surface area (Å²) in [4.78, 5) is 13.4. The predicted octanol–water partition coefficient (Wildman–Crippen LogP) is 1.00. The first-order valence-corrected chi connectivity index (χ1v) is 6.33. The molecule has 0 aliphatic carbocycles. The van der Waals surface area contributed by atoms with Crippen LogP contribution >= 0.6 is 0 Å². The number of primary amides is 1. The molecule has 4 heteroatoms. The van der Waals surface area contributed by atoms with E-state index in [1.807, 2.05) is 0 Å². The van der Waals surface area contributed by atoms with Crippen molar-refractivity contribution in [1.82, 2.24) is 4.90 Å². The van der Waals surface area contributed by atoms with Crippen LogP contribution in [0.3, 0.4) is 0 Å². The van der Waals surface area contributed by atoms with Gasteiger partial charge in [0.2, 0.25) is 5.91 Å². The highest BCUT2D eigenvalue weighted by atomic mass is 16.5. The average Bonchev–Trinajstić information content (AvgIpc) is 2.29. The van der Waals surface area contributed by atoms with Gasteiger partial charge in [0.1, 0.15) is 0 Å². The Morgan fingerprint density at radius 3 is 2.62 bits per heavy atom. The van der Waals surface area contributed by atoms with Crippen LogP contribution in [-0.2, 0) is 9.53 Å². The van der Waals surface area contributed by atoms with Crippen molar-refractivity contribution in [3.05, 3.63) is 0 Å². The fourth-order valence-electron chi connectivity index (χ4n) is 2.08. The Morgan fingerprint density at radius 2 is 2.06 bits per heavy atom. The molecule has 0 radical (unpaired) electrons. The number of carbonyl (C=O) groups is 1. The van der Waals surface area contributed by atoms with Gasteiger partial charge in [0, 0.05) is 25.7 Å². The monoisotopic (exact) mass is 228 g/mol. The summed E-state index contributed by atoms with van der Waals surface area (Å²) in [6.07, 6.45) is 4.02. The average molecular weight is 228 g/mol. The van der Waals surface area contributed by atoms with Gasteiger partial charge >= 0.3 is 0 Å². The second-order valence-corrected chi connectivity index (χ2v) is 4.48. The van der Waals surface area contributed by atoms with Gasteiger partial charge in [0.15, 0.2) is 0 Å². The van der Waals surface area contributed by atoms with Crippen LogP contribution in [0, 0.1) is 5.92 Å². The fraction of sp³-hybridized carbons (Fsp3) is 0.917. The summed E-state index contributed by atoms with van der Waals surface area (Å²) in [5, 5.41) is 0. The van der Waals surface area contributed by atoms with Crippen molar-refractivity contribution in [2.24, 2.45) is 11.7 Å². The Morgan fingerprint density at radius 1 is 1.38 bits per heavy atom. The highest BCUT2D eigenvalue weighted by Crippen LogP contribution is 2.16. The van der Waals surface area contributed by atoms with Crippen molar-refractivity contribution >= 4 is 5.91 Å². The molecule has 0 atom stereocenters. The third kappa shape index (κ3) is 4.94. The van der Waals surface area contributed by atoms with Crippen LogP contribution in [0.15, 0.2) is 0 Å². The molecule has 2 N–H and O–H groups in total. The van der Waals surface area contributed by atoms with Gasteiger partial charge in [-0.3, -0.25) is 4.79 Å². The largest absolute Gasteiger partial charge is 0.381 e. The van der Waals surface area contributed by atoms with Crippen molar-refractivity contribution in [3.8, 4) is 0 Å². The van der Waals surface area contributed by atoms with E-state index in [4.69, 9.17) is 10.5 Å². The SMILES string of the molecule is CCCOCCCN1CCC(C(N)=O)CC1. The minimum absolute atomic E-state index is 0.104.